The maximum atomic E-state index is 12.0. The van der Waals surface area contributed by atoms with Crippen LogP contribution in [-0.4, -0.2) is 17.5 Å². The monoisotopic (exact) mass is 451 g/mol. The molecular formula is C17H14IN3O4. The van der Waals surface area contributed by atoms with Crippen LogP contribution in [0.5, 0.6) is 0 Å². The van der Waals surface area contributed by atoms with Crippen molar-refractivity contribution in [1.29, 1.82) is 0 Å². The van der Waals surface area contributed by atoms with Gasteiger partial charge in [0.1, 0.15) is 11.3 Å². The first-order valence-corrected chi connectivity index (χ1v) is 9.67. The first-order valence-electron chi connectivity index (χ1n) is 7.46. The number of nitrogens with zero attached hydrogens (tertiary/aromatic N) is 2. The Balaban J connectivity index is 2.03. The third-order valence-electron chi connectivity index (χ3n) is 3.48. The minimum Gasteiger partial charge on any atom is -0.462 e. The lowest BCUT2D eigenvalue weighted by molar-refractivity contribution is -0.384. The van der Waals surface area contributed by atoms with E-state index >= 15 is 0 Å². The maximum absolute atomic E-state index is 12.0. The van der Waals surface area contributed by atoms with Crippen molar-refractivity contribution < 1.29 is 14.5 Å². The Morgan fingerprint density at radius 1 is 1.28 bits per heavy atom. The van der Waals surface area contributed by atoms with Crippen molar-refractivity contribution in [3.63, 3.8) is 0 Å². The van der Waals surface area contributed by atoms with Gasteiger partial charge in [-0.25, -0.2) is 7.94 Å². The van der Waals surface area contributed by atoms with Crippen LogP contribution >= 0.6 is 21.0 Å². The molecule has 0 saturated heterocycles. The number of esters is 1. The molecule has 1 heterocycles. The van der Waals surface area contributed by atoms with E-state index in [1.165, 1.54) is 6.07 Å². The normalized spacial score (nSPS) is 12.4. The van der Waals surface area contributed by atoms with Gasteiger partial charge in [-0.05, 0) is 25.1 Å². The van der Waals surface area contributed by atoms with Crippen molar-refractivity contribution in [1.82, 2.24) is 0 Å². The van der Waals surface area contributed by atoms with Crippen LogP contribution in [0.3, 0.4) is 0 Å². The Kier molecular flexibility index (Phi) is 5.17. The van der Waals surface area contributed by atoms with E-state index in [1.54, 1.807) is 19.1 Å². The third-order valence-corrected chi connectivity index (χ3v) is 5.17. The average Bonchev–Trinajstić information content (AvgIpc) is 2.62. The van der Waals surface area contributed by atoms with E-state index in [1.807, 2.05) is 28.3 Å². The first kappa shape index (κ1) is 17.2. The van der Waals surface area contributed by atoms with E-state index in [0.29, 0.717) is 0 Å². The molecule has 0 unspecified atom stereocenters. The van der Waals surface area contributed by atoms with Gasteiger partial charge in [0.2, 0.25) is 0 Å². The molecule has 7 nitrogen and oxygen atoms in total. The number of nitro groups is 1. The lowest BCUT2D eigenvalue weighted by Gasteiger charge is -2.15. The average molecular weight is 451 g/mol. The van der Waals surface area contributed by atoms with Crippen LogP contribution in [0, 0.1) is 10.1 Å². The molecule has 0 radical (unpaired) electrons. The van der Waals surface area contributed by atoms with E-state index in [9.17, 15) is 14.9 Å². The smallest absolute Gasteiger partial charge is 0.345 e. The number of anilines is 1. The molecule has 1 aliphatic heterocycles. The second-order valence-electron chi connectivity index (χ2n) is 5.03. The Morgan fingerprint density at radius 2 is 2.08 bits per heavy atom. The number of carbonyl (C=O) groups is 1. The van der Waals surface area contributed by atoms with Crippen molar-refractivity contribution in [3.8, 4) is 0 Å². The number of hydrogen-bond donors (Lipinski definition) is 1. The van der Waals surface area contributed by atoms with Gasteiger partial charge in [0.15, 0.2) is 0 Å². The highest BCUT2D eigenvalue weighted by Crippen LogP contribution is 2.38. The first-order chi connectivity index (χ1) is 12.1. The number of nitro benzene ring substituents is 1. The number of nitrogens with one attached hydrogen (secondary N) is 1. The summed E-state index contributed by atoms with van der Waals surface area (Å²) in [5.41, 5.74) is 2.40. The van der Waals surface area contributed by atoms with E-state index in [0.717, 1.165) is 16.9 Å². The number of fused-ring (bicyclic) bond motifs is 1. The van der Waals surface area contributed by atoms with Crippen molar-refractivity contribution in [2.45, 2.75) is 6.92 Å². The highest BCUT2D eigenvalue weighted by atomic mass is 127. The fourth-order valence-corrected chi connectivity index (χ4v) is 4.04. The summed E-state index contributed by atoms with van der Waals surface area (Å²) >= 11 is -0.526. The zero-order chi connectivity index (χ0) is 17.8. The third kappa shape index (κ3) is 3.58. The molecule has 0 bridgehead atoms. The molecule has 0 aromatic heterocycles. The Hall–Kier alpha value is -2.62. The molecule has 2 aromatic rings. The molecule has 1 aliphatic rings. The van der Waals surface area contributed by atoms with Gasteiger partial charge in [-0.15, -0.1) is 0 Å². The number of halogens is 1. The molecule has 0 atom stereocenters. The zero-order valence-corrected chi connectivity index (χ0v) is 15.4. The van der Waals surface area contributed by atoms with Crippen LogP contribution in [0.4, 0.5) is 17.1 Å². The predicted molar refractivity (Wildman–Crippen MR) is 103 cm³/mol. The topological polar surface area (TPSA) is 93.8 Å². The Morgan fingerprint density at radius 3 is 2.84 bits per heavy atom. The standard InChI is InChI=1S/C17H14IN3O4/c1-2-25-17(22)12-7-5-9-14(16(12)21(23)24)19-15-10-18-20-13-8-4-3-6-11(13)15/h3-10,19H,2H2,1H3. The molecule has 8 heteroatoms. The molecule has 0 amide bonds. The number of benzene rings is 2. The lowest BCUT2D eigenvalue weighted by atomic mass is 10.1. The molecule has 3 rings (SSSR count). The van der Waals surface area contributed by atoms with Crippen LogP contribution in [-0.2, 0) is 4.74 Å². The largest absolute Gasteiger partial charge is 0.462 e. The number of ether oxygens (including phenoxy) is 1. The molecule has 0 aliphatic carbocycles. The van der Waals surface area contributed by atoms with E-state index in [2.05, 4.69) is 8.46 Å². The molecule has 128 valence electrons. The second-order valence-corrected chi connectivity index (χ2v) is 6.69. The Bertz CT molecular complexity index is 909. The van der Waals surface area contributed by atoms with Crippen LogP contribution in [0.25, 0.3) is 5.70 Å². The summed E-state index contributed by atoms with van der Waals surface area (Å²) < 4.78 is 11.4. The fourth-order valence-electron chi connectivity index (χ4n) is 2.41. The summed E-state index contributed by atoms with van der Waals surface area (Å²) in [5.74, 6) is -0.710. The van der Waals surface area contributed by atoms with Gasteiger partial charge in [0.05, 0.1) is 22.9 Å². The molecule has 0 fully saturated rings. The summed E-state index contributed by atoms with van der Waals surface area (Å²) in [6.07, 6.45) is 0. The molecule has 0 spiro atoms. The van der Waals surface area contributed by atoms with Crippen molar-refractivity contribution >= 4 is 49.8 Å². The van der Waals surface area contributed by atoms with Gasteiger partial charge >= 0.3 is 11.7 Å². The SMILES string of the molecule is CCOC(=O)c1cccc(NC2=CI=Nc3ccccc32)c1[N+](=O)[O-]. The van der Waals surface area contributed by atoms with Gasteiger partial charge in [-0.1, -0.05) is 24.3 Å². The fraction of sp³-hybridized carbons (Fsp3) is 0.118. The minimum absolute atomic E-state index is 0.0686. The number of carbonyl (C=O) groups excluding carboxylic acids is 1. The second kappa shape index (κ2) is 7.51. The maximum Gasteiger partial charge on any atom is 0.345 e. The molecule has 2 aromatic carbocycles. The molecular weight excluding hydrogens is 437 g/mol. The van der Waals surface area contributed by atoms with E-state index in [4.69, 9.17) is 4.74 Å². The summed E-state index contributed by atoms with van der Waals surface area (Å²) in [5, 5.41) is 14.7. The number of hydrogen-bond acceptors (Lipinski definition) is 6. The molecule has 0 saturated carbocycles. The van der Waals surface area contributed by atoms with Crippen LogP contribution in [0.2, 0.25) is 0 Å². The van der Waals surface area contributed by atoms with E-state index in [-0.39, 0.29) is 23.5 Å². The Labute approximate surface area is 154 Å². The van der Waals surface area contributed by atoms with Gasteiger partial charge in [-0.3, -0.25) is 10.1 Å². The summed E-state index contributed by atoms with van der Waals surface area (Å²) in [6.45, 7) is 1.81. The van der Waals surface area contributed by atoms with Crippen LogP contribution < -0.4 is 5.32 Å². The van der Waals surface area contributed by atoms with Gasteiger partial charge in [-0.2, -0.15) is 0 Å². The molecule has 25 heavy (non-hydrogen) atoms. The van der Waals surface area contributed by atoms with Crippen molar-refractivity contribution in [2.75, 3.05) is 11.9 Å². The molecule has 1 N–H and O–H groups in total. The summed E-state index contributed by atoms with van der Waals surface area (Å²) in [4.78, 5) is 23.0. The highest BCUT2D eigenvalue weighted by molar-refractivity contribution is 14.2. The summed E-state index contributed by atoms with van der Waals surface area (Å²) in [7, 11) is 0. The lowest BCUT2D eigenvalue weighted by Crippen LogP contribution is -2.10. The minimum atomic E-state index is -0.710. The van der Waals surface area contributed by atoms with Crippen LogP contribution in [0.15, 0.2) is 49.7 Å². The van der Waals surface area contributed by atoms with Crippen molar-refractivity contribution in [3.05, 3.63) is 67.8 Å². The number of rotatable bonds is 5. The van der Waals surface area contributed by atoms with Gasteiger partial charge in [0, 0.05) is 30.7 Å². The van der Waals surface area contributed by atoms with Gasteiger partial charge < -0.3 is 10.1 Å². The highest BCUT2D eigenvalue weighted by Gasteiger charge is 2.26. The van der Waals surface area contributed by atoms with Crippen molar-refractivity contribution in [2.24, 2.45) is 3.15 Å². The van der Waals surface area contributed by atoms with Crippen LogP contribution in [0.1, 0.15) is 22.8 Å². The zero-order valence-electron chi connectivity index (χ0n) is 13.2. The number of para-hydroxylation sites is 1. The quantitative estimate of drug-likeness (QED) is 0.300. The predicted octanol–water partition coefficient (Wildman–Crippen LogP) is 4.98. The summed E-state index contributed by atoms with van der Waals surface area (Å²) in [6, 6.07) is 12.2. The van der Waals surface area contributed by atoms with Gasteiger partial charge in [0.25, 0.3) is 0 Å². The van der Waals surface area contributed by atoms with E-state index < -0.39 is 31.9 Å².